The quantitative estimate of drug-likeness (QED) is 0.273. The molecule has 3 aliphatic rings. The SMILES string of the molecule is COc1ccc(SC)cc1CN[C@H]1[C@H]2CCN(C(OC(=O)O)C2)[C@H]1C(c1ccccc1)c1ccccc1. The Morgan fingerprint density at radius 1 is 1.08 bits per heavy atom. The summed E-state index contributed by atoms with van der Waals surface area (Å²) in [4.78, 5) is 15.1. The van der Waals surface area contributed by atoms with Gasteiger partial charge in [0.2, 0.25) is 0 Å². The highest BCUT2D eigenvalue weighted by Crippen LogP contribution is 2.45. The van der Waals surface area contributed by atoms with Crippen molar-refractivity contribution >= 4 is 17.9 Å². The van der Waals surface area contributed by atoms with E-state index in [-0.39, 0.29) is 18.0 Å². The standard InChI is InChI=1S/C30H34N2O4S/c1-35-25-14-13-24(37-2)17-23(25)19-31-28-22-15-16-32(26(18-22)36-30(33)34)29(28)27(20-9-5-3-6-10-20)21-11-7-4-8-12-21/h3-14,17,22,26-29,31H,15-16,18-19H2,1-2H3,(H,33,34)/t22-,26?,28-,29-/m0/s1. The first-order chi connectivity index (χ1) is 18.1. The summed E-state index contributed by atoms with van der Waals surface area (Å²) in [6.07, 6.45) is 2.12. The number of carboxylic acid groups (broad SMARTS) is 1. The van der Waals surface area contributed by atoms with Gasteiger partial charge in [0.25, 0.3) is 0 Å². The Morgan fingerprint density at radius 2 is 1.76 bits per heavy atom. The number of benzene rings is 3. The normalized spacial score (nSPS) is 24.7. The van der Waals surface area contributed by atoms with Gasteiger partial charge in [-0.1, -0.05) is 60.7 Å². The van der Waals surface area contributed by atoms with Gasteiger partial charge in [-0.05, 0) is 47.9 Å². The number of methoxy groups -OCH3 is 1. The number of ether oxygens (including phenoxy) is 2. The fraction of sp³-hybridized carbons (Fsp3) is 0.367. The zero-order valence-corrected chi connectivity index (χ0v) is 22.1. The van der Waals surface area contributed by atoms with Crippen LogP contribution >= 0.6 is 11.8 Å². The minimum absolute atomic E-state index is 0.0244. The number of hydrogen-bond donors (Lipinski definition) is 2. The van der Waals surface area contributed by atoms with E-state index in [1.807, 2.05) is 18.2 Å². The number of nitrogens with zero attached hydrogens (tertiary/aromatic N) is 1. The first-order valence-corrected chi connectivity index (χ1v) is 14.0. The molecule has 3 aliphatic heterocycles. The molecule has 0 amide bonds. The molecule has 0 radical (unpaired) electrons. The number of fused-ring (bicyclic) bond motifs is 3. The maximum absolute atomic E-state index is 11.6. The third kappa shape index (κ3) is 5.49. The van der Waals surface area contributed by atoms with E-state index in [9.17, 15) is 9.90 Å². The lowest BCUT2D eigenvalue weighted by molar-refractivity contribution is -0.139. The van der Waals surface area contributed by atoms with Gasteiger partial charge in [0.15, 0.2) is 6.23 Å². The van der Waals surface area contributed by atoms with Crippen molar-refractivity contribution in [3.63, 3.8) is 0 Å². The molecule has 0 aromatic heterocycles. The Bertz CT molecular complexity index is 1150. The average Bonchev–Trinajstić information content (AvgIpc) is 2.93. The van der Waals surface area contributed by atoms with Gasteiger partial charge in [-0.15, -0.1) is 11.8 Å². The molecule has 6 rings (SSSR count). The Balaban J connectivity index is 1.53. The van der Waals surface area contributed by atoms with Crippen molar-refractivity contribution in [2.75, 3.05) is 19.9 Å². The van der Waals surface area contributed by atoms with Gasteiger partial charge in [-0.25, -0.2) is 4.79 Å². The van der Waals surface area contributed by atoms with Crippen molar-refractivity contribution in [1.29, 1.82) is 0 Å². The van der Waals surface area contributed by atoms with Crippen LogP contribution in [0.1, 0.15) is 35.4 Å². The minimum Gasteiger partial charge on any atom is -0.496 e. The van der Waals surface area contributed by atoms with Crippen LogP contribution < -0.4 is 10.1 Å². The fourth-order valence-corrected chi connectivity index (χ4v) is 6.66. The van der Waals surface area contributed by atoms with Gasteiger partial charge in [-0.2, -0.15) is 0 Å². The molecule has 6 nitrogen and oxygen atoms in total. The summed E-state index contributed by atoms with van der Waals surface area (Å²) in [7, 11) is 1.71. The Labute approximate surface area is 223 Å². The maximum Gasteiger partial charge on any atom is 0.507 e. The summed E-state index contributed by atoms with van der Waals surface area (Å²) in [5.74, 6) is 1.23. The third-order valence-corrected chi connectivity index (χ3v) is 8.53. The van der Waals surface area contributed by atoms with Crippen LogP contribution in [-0.2, 0) is 11.3 Å². The molecule has 3 fully saturated rings. The van der Waals surface area contributed by atoms with Crippen molar-refractivity contribution in [2.45, 2.75) is 48.5 Å². The van der Waals surface area contributed by atoms with Crippen LogP contribution in [0.2, 0.25) is 0 Å². The van der Waals surface area contributed by atoms with E-state index < -0.39 is 12.4 Å². The van der Waals surface area contributed by atoms with E-state index in [2.05, 4.69) is 77.1 Å². The number of nitrogens with one attached hydrogen (secondary N) is 1. The largest absolute Gasteiger partial charge is 0.507 e. The summed E-state index contributed by atoms with van der Waals surface area (Å²) < 4.78 is 11.1. The molecule has 0 spiro atoms. The summed E-state index contributed by atoms with van der Waals surface area (Å²) in [6.45, 7) is 1.48. The van der Waals surface area contributed by atoms with Crippen LogP contribution in [0.25, 0.3) is 0 Å². The summed E-state index contributed by atoms with van der Waals surface area (Å²) in [5, 5.41) is 13.4. The Hall–Kier alpha value is -3.00. The average molecular weight is 519 g/mol. The van der Waals surface area contributed by atoms with E-state index in [0.29, 0.717) is 18.9 Å². The second kappa shape index (κ2) is 11.6. The lowest BCUT2D eigenvalue weighted by atomic mass is 9.70. The van der Waals surface area contributed by atoms with E-state index in [4.69, 9.17) is 9.47 Å². The fourth-order valence-electron chi connectivity index (χ4n) is 6.20. The number of thioether (sulfide) groups is 1. The molecule has 0 aliphatic carbocycles. The molecule has 5 atom stereocenters. The molecular weight excluding hydrogens is 484 g/mol. The number of rotatable bonds is 9. The van der Waals surface area contributed by atoms with Gasteiger partial charge in [0.1, 0.15) is 5.75 Å². The van der Waals surface area contributed by atoms with E-state index in [0.717, 1.165) is 24.3 Å². The van der Waals surface area contributed by atoms with Gasteiger partial charge in [0.05, 0.1) is 7.11 Å². The molecule has 3 heterocycles. The number of piperidine rings is 3. The van der Waals surface area contributed by atoms with Crippen LogP contribution in [0, 0.1) is 5.92 Å². The zero-order chi connectivity index (χ0) is 25.8. The second-order valence-electron chi connectivity index (χ2n) is 9.73. The van der Waals surface area contributed by atoms with Gasteiger partial charge in [-0.3, -0.25) is 4.90 Å². The monoisotopic (exact) mass is 518 g/mol. The number of hydrogen-bond acceptors (Lipinski definition) is 6. The lowest BCUT2D eigenvalue weighted by Crippen LogP contribution is -2.68. The molecule has 2 bridgehead atoms. The predicted molar refractivity (Wildman–Crippen MR) is 146 cm³/mol. The molecule has 37 heavy (non-hydrogen) atoms. The van der Waals surface area contributed by atoms with Crippen molar-refractivity contribution in [3.8, 4) is 5.75 Å². The zero-order valence-electron chi connectivity index (χ0n) is 21.2. The Morgan fingerprint density at radius 3 is 2.35 bits per heavy atom. The first-order valence-electron chi connectivity index (χ1n) is 12.8. The highest BCUT2D eigenvalue weighted by Gasteiger charge is 2.51. The highest BCUT2D eigenvalue weighted by atomic mass is 32.2. The molecule has 3 aromatic carbocycles. The van der Waals surface area contributed by atoms with Crippen molar-refractivity contribution in [3.05, 3.63) is 95.6 Å². The minimum atomic E-state index is -1.21. The molecule has 3 aromatic rings. The smallest absolute Gasteiger partial charge is 0.496 e. The molecule has 2 unspecified atom stereocenters. The second-order valence-corrected chi connectivity index (χ2v) is 10.6. The van der Waals surface area contributed by atoms with Crippen LogP contribution in [0.15, 0.2) is 83.8 Å². The molecule has 2 N–H and O–H groups in total. The Kier molecular flexibility index (Phi) is 8.03. The topological polar surface area (TPSA) is 71.0 Å². The lowest BCUT2D eigenvalue weighted by Gasteiger charge is -2.56. The summed E-state index contributed by atoms with van der Waals surface area (Å²) >= 11 is 1.72. The van der Waals surface area contributed by atoms with E-state index in [1.165, 1.54) is 16.0 Å². The van der Waals surface area contributed by atoms with Gasteiger partial charge >= 0.3 is 6.16 Å². The maximum atomic E-state index is 11.6. The number of carbonyl (C=O) groups is 1. The van der Waals surface area contributed by atoms with Gasteiger partial charge in [0, 0.05) is 48.0 Å². The van der Waals surface area contributed by atoms with Crippen LogP contribution in [0.4, 0.5) is 4.79 Å². The molecular formula is C30H34N2O4S. The van der Waals surface area contributed by atoms with Gasteiger partial charge < -0.3 is 19.9 Å². The van der Waals surface area contributed by atoms with E-state index in [1.54, 1.807) is 18.9 Å². The highest BCUT2D eigenvalue weighted by molar-refractivity contribution is 7.98. The van der Waals surface area contributed by atoms with Crippen molar-refractivity contribution < 1.29 is 19.4 Å². The predicted octanol–water partition coefficient (Wildman–Crippen LogP) is 5.82. The van der Waals surface area contributed by atoms with Crippen molar-refractivity contribution in [2.24, 2.45) is 5.92 Å². The van der Waals surface area contributed by atoms with Crippen LogP contribution in [0.5, 0.6) is 5.75 Å². The molecule has 7 heteroatoms. The van der Waals surface area contributed by atoms with Crippen LogP contribution in [-0.4, -0.2) is 54.4 Å². The summed E-state index contributed by atoms with van der Waals surface area (Å²) in [6, 6.07) is 27.6. The van der Waals surface area contributed by atoms with Crippen molar-refractivity contribution in [1.82, 2.24) is 10.2 Å². The first kappa shape index (κ1) is 25.6. The molecule has 0 saturated carbocycles. The van der Waals surface area contributed by atoms with Crippen LogP contribution in [0.3, 0.4) is 0 Å². The molecule has 3 saturated heterocycles. The molecule has 194 valence electrons. The third-order valence-electron chi connectivity index (χ3n) is 7.80. The van der Waals surface area contributed by atoms with E-state index >= 15 is 0 Å². The summed E-state index contributed by atoms with van der Waals surface area (Å²) in [5.41, 5.74) is 3.56.